The molecule has 0 saturated heterocycles. The van der Waals surface area contributed by atoms with Crippen LogP contribution in [0.4, 0.5) is 0 Å². The molecule has 0 aromatic carbocycles. The fourth-order valence-corrected chi connectivity index (χ4v) is 2.19. The molecule has 15 heavy (non-hydrogen) atoms. The van der Waals surface area contributed by atoms with E-state index in [0.29, 0.717) is 24.2 Å². The number of likely N-dealkylation sites (N-methyl/N-ethyl adjacent to an activating group) is 1. The third-order valence-electron chi connectivity index (χ3n) is 3.50. The molecular formula is C13H27NO. The van der Waals surface area contributed by atoms with Crippen LogP contribution in [-0.4, -0.2) is 24.8 Å². The number of hydrogen-bond acceptors (Lipinski definition) is 2. The molecule has 2 nitrogen and oxygen atoms in total. The predicted molar refractivity (Wildman–Crippen MR) is 65.1 cm³/mol. The molecule has 1 N–H and O–H groups in total. The molecule has 0 heterocycles. The van der Waals surface area contributed by atoms with Gasteiger partial charge in [-0.2, -0.15) is 0 Å². The second kappa shape index (κ2) is 6.49. The van der Waals surface area contributed by atoms with Crippen LogP contribution in [0, 0.1) is 5.92 Å². The average molecular weight is 213 g/mol. The van der Waals surface area contributed by atoms with E-state index in [4.69, 9.17) is 4.74 Å². The first-order valence-corrected chi connectivity index (χ1v) is 6.54. The normalized spacial score (nSPS) is 29.4. The van der Waals surface area contributed by atoms with Crippen molar-refractivity contribution in [3.05, 3.63) is 0 Å². The van der Waals surface area contributed by atoms with Gasteiger partial charge in [-0.25, -0.2) is 0 Å². The monoisotopic (exact) mass is 213 g/mol. The van der Waals surface area contributed by atoms with Gasteiger partial charge in [0.25, 0.3) is 0 Å². The number of nitrogens with one attached hydrogen (secondary N) is 1. The molecule has 3 unspecified atom stereocenters. The van der Waals surface area contributed by atoms with Crippen LogP contribution in [0.25, 0.3) is 0 Å². The quantitative estimate of drug-likeness (QED) is 0.758. The Morgan fingerprint density at radius 3 is 2.47 bits per heavy atom. The summed E-state index contributed by atoms with van der Waals surface area (Å²) < 4.78 is 6.16. The molecule has 1 saturated carbocycles. The second-order valence-electron chi connectivity index (χ2n) is 5.07. The van der Waals surface area contributed by atoms with Crippen molar-refractivity contribution in [3.63, 3.8) is 0 Å². The summed E-state index contributed by atoms with van der Waals surface area (Å²) in [6.45, 7) is 9.89. The van der Waals surface area contributed by atoms with Crippen LogP contribution in [-0.2, 0) is 4.74 Å². The number of hydrogen-bond donors (Lipinski definition) is 1. The van der Waals surface area contributed by atoms with Crippen LogP contribution in [0.2, 0.25) is 0 Å². The first kappa shape index (κ1) is 13.0. The highest BCUT2D eigenvalue weighted by atomic mass is 16.5. The molecule has 0 amide bonds. The van der Waals surface area contributed by atoms with Gasteiger partial charge in [-0.1, -0.05) is 33.6 Å². The summed E-state index contributed by atoms with van der Waals surface area (Å²) in [5.74, 6) is 0.620. The van der Waals surface area contributed by atoms with Crippen molar-refractivity contribution in [2.24, 2.45) is 5.92 Å². The molecule has 0 aliphatic heterocycles. The van der Waals surface area contributed by atoms with Gasteiger partial charge in [0.2, 0.25) is 0 Å². The van der Waals surface area contributed by atoms with Crippen molar-refractivity contribution in [2.75, 3.05) is 6.54 Å². The Labute approximate surface area is 94.8 Å². The lowest BCUT2D eigenvalue weighted by Gasteiger charge is -2.35. The van der Waals surface area contributed by atoms with Gasteiger partial charge < -0.3 is 10.1 Å². The largest absolute Gasteiger partial charge is 0.373 e. The highest BCUT2D eigenvalue weighted by molar-refractivity contribution is 4.82. The molecule has 0 aromatic rings. The van der Waals surface area contributed by atoms with Crippen molar-refractivity contribution < 1.29 is 4.74 Å². The smallest absolute Gasteiger partial charge is 0.0731 e. The lowest BCUT2D eigenvalue weighted by atomic mass is 9.92. The fourth-order valence-electron chi connectivity index (χ4n) is 2.19. The standard InChI is InChI=1S/C13H27NO/c1-5-14-12-8-6-7-9-13(12)15-11(4)10(2)3/h10-14H,5-9H2,1-4H3. The summed E-state index contributed by atoms with van der Waals surface area (Å²) in [5.41, 5.74) is 0. The van der Waals surface area contributed by atoms with Crippen molar-refractivity contribution in [3.8, 4) is 0 Å². The Hall–Kier alpha value is -0.0800. The van der Waals surface area contributed by atoms with Crippen LogP contribution in [0.1, 0.15) is 53.4 Å². The maximum absolute atomic E-state index is 6.16. The van der Waals surface area contributed by atoms with Gasteiger partial charge in [-0.05, 0) is 32.2 Å². The van der Waals surface area contributed by atoms with Crippen LogP contribution < -0.4 is 5.32 Å². The van der Waals surface area contributed by atoms with Crippen LogP contribution >= 0.6 is 0 Å². The average Bonchev–Trinajstić information content (AvgIpc) is 2.21. The Bertz CT molecular complexity index is 168. The van der Waals surface area contributed by atoms with Gasteiger partial charge in [-0.3, -0.25) is 0 Å². The van der Waals surface area contributed by atoms with E-state index in [1.54, 1.807) is 0 Å². The van der Waals surface area contributed by atoms with E-state index in [9.17, 15) is 0 Å². The first-order chi connectivity index (χ1) is 7.15. The minimum atomic E-state index is 0.384. The zero-order chi connectivity index (χ0) is 11.3. The van der Waals surface area contributed by atoms with Gasteiger partial charge in [0.05, 0.1) is 12.2 Å². The lowest BCUT2D eigenvalue weighted by Crippen LogP contribution is -2.45. The van der Waals surface area contributed by atoms with E-state index in [1.165, 1.54) is 25.7 Å². The summed E-state index contributed by atoms with van der Waals surface area (Å²) >= 11 is 0. The van der Waals surface area contributed by atoms with E-state index < -0.39 is 0 Å². The SMILES string of the molecule is CCNC1CCCCC1OC(C)C(C)C. The van der Waals surface area contributed by atoms with Gasteiger partial charge in [-0.15, -0.1) is 0 Å². The van der Waals surface area contributed by atoms with Crippen molar-refractivity contribution in [2.45, 2.75) is 71.6 Å². The van der Waals surface area contributed by atoms with Gasteiger partial charge >= 0.3 is 0 Å². The van der Waals surface area contributed by atoms with Gasteiger partial charge in [0, 0.05) is 6.04 Å². The van der Waals surface area contributed by atoms with E-state index in [0.717, 1.165) is 6.54 Å². The number of ether oxygens (including phenoxy) is 1. The molecule has 0 aromatic heterocycles. The fraction of sp³-hybridized carbons (Fsp3) is 1.00. The van der Waals surface area contributed by atoms with E-state index in [1.807, 2.05) is 0 Å². The van der Waals surface area contributed by atoms with Crippen LogP contribution in [0.5, 0.6) is 0 Å². The number of rotatable bonds is 5. The topological polar surface area (TPSA) is 21.3 Å². The highest BCUT2D eigenvalue weighted by Gasteiger charge is 2.27. The molecule has 0 bridgehead atoms. The predicted octanol–water partition coefficient (Wildman–Crippen LogP) is 2.97. The second-order valence-corrected chi connectivity index (χ2v) is 5.07. The van der Waals surface area contributed by atoms with Gasteiger partial charge in [0.1, 0.15) is 0 Å². The minimum Gasteiger partial charge on any atom is -0.373 e. The lowest BCUT2D eigenvalue weighted by molar-refractivity contribution is -0.0564. The summed E-state index contributed by atoms with van der Waals surface area (Å²) in [5, 5.41) is 3.55. The molecule has 3 atom stereocenters. The molecule has 90 valence electrons. The van der Waals surface area contributed by atoms with Crippen LogP contribution in [0.3, 0.4) is 0 Å². The van der Waals surface area contributed by atoms with E-state index in [-0.39, 0.29) is 0 Å². The van der Waals surface area contributed by atoms with Crippen LogP contribution in [0.15, 0.2) is 0 Å². The Balaban J connectivity index is 2.41. The summed E-state index contributed by atoms with van der Waals surface area (Å²) in [4.78, 5) is 0. The zero-order valence-corrected chi connectivity index (χ0v) is 10.8. The summed E-state index contributed by atoms with van der Waals surface area (Å²) in [6.07, 6.45) is 6.02. The zero-order valence-electron chi connectivity index (χ0n) is 10.8. The third kappa shape index (κ3) is 4.12. The van der Waals surface area contributed by atoms with E-state index in [2.05, 4.69) is 33.0 Å². The minimum absolute atomic E-state index is 0.384. The van der Waals surface area contributed by atoms with Crippen molar-refractivity contribution in [1.29, 1.82) is 0 Å². The van der Waals surface area contributed by atoms with E-state index >= 15 is 0 Å². The maximum atomic E-state index is 6.16. The summed E-state index contributed by atoms with van der Waals surface area (Å²) in [7, 11) is 0. The summed E-state index contributed by atoms with van der Waals surface area (Å²) in [6, 6.07) is 0.588. The molecular weight excluding hydrogens is 186 g/mol. The van der Waals surface area contributed by atoms with Crippen molar-refractivity contribution >= 4 is 0 Å². The third-order valence-corrected chi connectivity index (χ3v) is 3.50. The highest BCUT2D eigenvalue weighted by Crippen LogP contribution is 2.23. The molecule has 1 rings (SSSR count). The first-order valence-electron chi connectivity index (χ1n) is 6.54. The Morgan fingerprint density at radius 1 is 1.20 bits per heavy atom. The molecule has 2 heteroatoms. The van der Waals surface area contributed by atoms with Gasteiger partial charge in [0.15, 0.2) is 0 Å². The Morgan fingerprint density at radius 2 is 1.87 bits per heavy atom. The molecule has 0 radical (unpaired) electrons. The molecule has 1 aliphatic rings. The Kier molecular flexibility index (Phi) is 5.62. The molecule has 1 aliphatic carbocycles. The van der Waals surface area contributed by atoms with Crippen molar-refractivity contribution in [1.82, 2.24) is 5.32 Å². The molecule has 0 spiro atoms. The maximum Gasteiger partial charge on any atom is 0.0731 e. The molecule has 1 fully saturated rings.